The summed E-state index contributed by atoms with van der Waals surface area (Å²) < 4.78 is 0. The molecule has 0 radical (unpaired) electrons. The van der Waals surface area contributed by atoms with Crippen LogP contribution in [-0.4, -0.2) is 62.8 Å². The van der Waals surface area contributed by atoms with Gasteiger partial charge in [0.1, 0.15) is 6.29 Å². The number of nitrogens with two attached hydrogens (primary N) is 2. The van der Waals surface area contributed by atoms with Gasteiger partial charge in [0.05, 0.1) is 18.4 Å². The van der Waals surface area contributed by atoms with Gasteiger partial charge < -0.3 is 31.5 Å². The van der Waals surface area contributed by atoms with Crippen molar-refractivity contribution in [2.45, 2.75) is 20.4 Å². The molecule has 7 N–H and O–H groups in total. The van der Waals surface area contributed by atoms with Crippen LogP contribution in [-0.2, 0) is 6.54 Å². The first-order valence-corrected chi connectivity index (χ1v) is 11.4. The van der Waals surface area contributed by atoms with E-state index in [1.54, 1.807) is 25.4 Å². The number of nitrogens with zero attached hydrogens (tertiary/aromatic N) is 5. The Morgan fingerprint density at radius 2 is 1.78 bits per heavy atom. The van der Waals surface area contributed by atoms with Crippen LogP contribution in [0.4, 0.5) is 17.5 Å². The van der Waals surface area contributed by atoms with Crippen molar-refractivity contribution in [3.63, 3.8) is 0 Å². The number of benzene rings is 1. The van der Waals surface area contributed by atoms with Gasteiger partial charge in [0, 0.05) is 31.0 Å². The zero-order valence-corrected chi connectivity index (χ0v) is 19.6. The second-order valence-electron chi connectivity index (χ2n) is 6.27. The van der Waals surface area contributed by atoms with E-state index in [9.17, 15) is 4.79 Å². The minimum absolute atomic E-state index is 0.0736. The van der Waals surface area contributed by atoms with Crippen LogP contribution >= 0.6 is 8.38 Å². The third kappa shape index (κ3) is 8.64. The van der Waals surface area contributed by atoms with Gasteiger partial charge in [0.15, 0.2) is 25.4 Å². The van der Waals surface area contributed by atoms with Gasteiger partial charge >= 0.3 is 0 Å². The highest BCUT2D eigenvalue weighted by Gasteiger charge is 2.09. The van der Waals surface area contributed by atoms with Crippen LogP contribution in [0, 0.1) is 0 Å². The maximum Gasteiger partial charge on any atom is 0.224 e. The highest BCUT2D eigenvalue weighted by Crippen LogP contribution is 2.20. The van der Waals surface area contributed by atoms with Gasteiger partial charge in [0.2, 0.25) is 5.95 Å². The molecular formula is C20H31N8O3P. The first kappa shape index (κ1) is 27.1. The Morgan fingerprint density at radius 1 is 1.12 bits per heavy atom. The monoisotopic (exact) mass is 462 g/mol. The van der Waals surface area contributed by atoms with E-state index >= 15 is 0 Å². The lowest BCUT2D eigenvalue weighted by molar-refractivity contribution is 0.112. The van der Waals surface area contributed by atoms with E-state index in [1.807, 2.05) is 37.9 Å². The highest BCUT2D eigenvalue weighted by atomic mass is 31.2. The summed E-state index contributed by atoms with van der Waals surface area (Å²) in [5.74, 6) is 0.282. The highest BCUT2D eigenvalue weighted by molar-refractivity contribution is 7.45. The quantitative estimate of drug-likeness (QED) is 0.254. The van der Waals surface area contributed by atoms with Crippen molar-refractivity contribution in [3.05, 3.63) is 41.7 Å². The minimum Gasteiger partial charge on any atom is -0.382 e. The van der Waals surface area contributed by atoms with E-state index in [2.05, 4.69) is 25.3 Å². The molecule has 2 aromatic heterocycles. The molecule has 0 amide bonds. The number of carbonyl (C=O) groups is 1. The van der Waals surface area contributed by atoms with Crippen LogP contribution in [0.15, 0.2) is 30.5 Å². The largest absolute Gasteiger partial charge is 0.382 e. The fourth-order valence-electron chi connectivity index (χ4n) is 2.41. The Morgan fingerprint density at radius 3 is 2.31 bits per heavy atom. The Hall–Kier alpha value is -2.98. The van der Waals surface area contributed by atoms with Crippen molar-refractivity contribution in [2.24, 2.45) is 0 Å². The number of anilines is 3. The normalized spacial score (nSPS) is 10.1. The predicted octanol–water partition coefficient (Wildman–Crippen LogP) is 1.56. The molecule has 1 aromatic carbocycles. The summed E-state index contributed by atoms with van der Waals surface area (Å²) >= 11 is 0. The molecular weight excluding hydrogens is 431 g/mol. The molecule has 0 bridgehead atoms. The van der Waals surface area contributed by atoms with Crippen molar-refractivity contribution in [2.75, 3.05) is 43.2 Å². The molecule has 3 rings (SSSR count). The topological polar surface area (TPSA) is 176 Å². The maximum atomic E-state index is 10.7. The van der Waals surface area contributed by atoms with E-state index in [1.165, 1.54) is 0 Å². The summed E-state index contributed by atoms with van der Waals surface area (Å²) in [6.07, 6.45) is 2.91. The third-order valence-corrected chi connectivity index (χ3v) is 4.56. The number of nitrogen functional groups attached to an aromatic ring is 2. The summed E-state index contributed by atoms with van der Waals surface area (Å²) in [5, 5.41) is 2.80. The van der Waals surface area contributed by atoms with Gasteiger partial charge in [-0.15, -0.1) is 0 Å². The fourth-order valence-corrected chi connectivity index (χ4v) is 2.84. The SMILES string of the molecule is CC.CN(Cc1cnc2nc(N)nc(N)c2n1)c1ccc(C=O)cc1.CNCCP(O)O. The molecule has 0 aliphatic carbocycles. The number of rotatable bonds is 7. The van der Waals surface area contributed by atoms with Crippen molar-refractivity contribution in [1.82, 2.24) is 25.3 Å². The van der Waals surface area contributed by atoms with Crippen LogP contribution in [0.3, 0.4) is 0 Å². The zero-order valence-electron chi connectivity index (χ0n) is 18.7. The second-order valence-corrected chi connectivity index (χ2v) is 7.46. The average molecular weight is 462 g/mol. The van der Waals surface area contributed by atoms with Crippen molar-refractivity contribution < 1.29 is 14.6 Å². The van der Waals surface area contributed by atoms with E-state index in [0.29, 0.717) is 36.0 Å². The van der Waals surface area contributed by atoms with Crippen LogP contribution in [0.5, 0.6) is 0 Å². The molecule has 32 heavy (non-hydrogen) atoms. The molecule has 0 saturated heterocycles. The van der Waals surface area contributed by atoms with E-state index in [0.717, 1.165) is 17.7 Å². The minimum atomic E-state index is -1.67. The molecule has 0 saturated carbocycles. The number of aromatic nitrogens is 4. The Kier molecular flexibility index (Phi) is 12.0. The molecule has 2 heterocycles. The smallest absolute Gasteiger partial charge is 0.224 e. The standard InChI is InChI=1S/C15H15N7O.C3H10NO2P.C2H6/c1-22(11-4-2-9(8-23)3-5-11)7-10-6-18-14-12(19-10)13(16)20-15(17)21-14;1-4-2-3-7(5)6;1-2/h2-6,8H,7H2,1H3,(H4,16,17,18,20,21);4-6H,2-3H2,1H3;1-2H3. The van der Waals surface area contributed by atoms with Gasteiger partial charge in [-0.1, -0.05) is 13.8 Å². The Balaban J connectivity index is 0.000000488. The van der Waals surface area contributed by atoms with Gasteiger partial charge in [0.25, 0.3) is 0 Å². The molecule has 0 spiro atoms. The van der Waals surface area contributed by atoms with Gasteiger partial charge in [-0.25, -0.2) is 9.97 Å². The second kappa shape index (κ2) is 14.2. The summed E-state index contributed by atoms with van der Waals surface area (Å²) in [4.78, 5) is 45.8. The molecule has 0 fully saturated rings. The Labute approximate surface area is 188 Å². The summed E-state index contributed by atoms with van der Waals surface area (Å²) in [7, 11) is 2.03. The number of fused-ring (bicyclic) bond motifs is 1. The summed E-state index contributed by atoms with van der Waals surface area (Å²) in [5.41, 5.74) is 14.5. The number of hydrogen-bond donors (Lipinski definition) is 5. The predicted molar refractivity (Wildman–Crippen MR) is 129 cm³/mol. The number of nitrogens with one attached hydrogen (secondary N) is 1. The van der Waals surface area contributed by atoms with Gasteiger partial charge in [-0.3, -0.25) is 4.79 Å². The summed E-state index contributed by atoms with van der Waals surface area (Å²) in [6.45, 7) is 5.20. The molecule has 12 heteroatoms. The van der Waals surface area contributed by atoms with Gasteiger partial charge in [-0.2, -0.15) is 9.97 Å². The molecule has 174 valence electrons. The molecule has 0 aliphatic heterocycles. The average Bonchev–Trinajstić information content (AvgIpc) is 2.79. The molecule has 0 unspecified atom stereocenters. The summed E-state index contributed by atoms with van der Waals surface area (Å²) in [6, 6.07) is 7.27. The number of carbonyl (C=O) groups excluding carboxylic acids is 1. The molecule has 0 aliphatic rings. The van der Waals surface area contributed by atoms with Gasteiger partial charge in [-0.05, 0) is 31.3 Å². The molecule has 3 aromatic rings. The maximum absolute atomic E-state index is 10.7. The van der Waals surface area contributed by atoms with Crippen LogP contribution < -0.4 is 21.7 Å². The lowest BCUT2D eigenvalue weighted by Crippen LogP contribution is -2.17. The molecule has 0 atom stereocenters. The number of hydrogen-bond acceptors (Lipinski definition) is 11. The van der Waals surface area contributed by atoms with E-state index < -0.39 is 8.38 Å². The fraction of sp³-hybridized carbons (Fsp3) is 0.350. The first-order chi connectivity index (χ1) is 15.3. The van der Waals surface area contributed by atoms with E-state index in [4.69, 9.17) is 21.3 Å². The molecule has 11 nitrogen and oxygen atoms in total. The van der Waals surface area contributed by atoms with Crippen molar-refractivity contribution in [3.8, 4) is 0 Å². The first-order valence-electron chi connectivity index (χ1n) is 9.95. The van der Waals surface area contributed by atoms with Crippen LogP contribution in [0.2, 0.25) is 0 Å². The van der Waals surface area contributed by atoms with Crippen molar-refractivity contribution in [1.29, 1.82) is 0 Å². The van der Waals surface area contributed by atoms with Crippen LogP contribution in [0.1, 0.15) is 29.9 Å². The third-order valence-electron chi connectivity index (χ3n) is 3.93. The zero-order chi connectivity index (χ0) is 24.1. The van der Waals surface area contributed by atoms with E-state index in [-0.39, 0.29) is 11.8 Å². The van der Waals surface area contributed by atoms with Crippen LogP contribution in [0.25, 0.3) is 11.2 Å². The lowest BCUT2D eigenvalue weighted by Gasteiger charge is -2.19. The lowest BCUT2D eigenvalue weighted by atomic mass is 10.2. The number of aldehydes is 1. The van der Waals surface area contributed by atoms with Crippen molar-refractivity contribution >= 4 is 43.3 Å². The Bertz CT molecular complexity index is 973.